The Morgan fingerprint density at radius 3 is 2.65 bits per heavy atom. The summed E-state index contributed by atoms with van der Waals surface area (Å²) in [5, 5.41) is 3.69. The van der Waals surface area contributed by atoms with E-state index in [9.17, 15) is 8.42 Å². The summed E-state index contributed by atoms with van der Waals surface area (Å²) < 4.78 is 26.3. The van der Waals surface area contributed by atoms with E-state index < -0.39 is 10.0 Å². The fourth-order valence-electron chi connectivity index (χ4n) is 2.73. The van der Waals surface area contributed by atoms with Gasteiger partial charge in [0.1, 0.15) is 0 Å². The molecule has 0 amide bonds. The van der Waals surface area contributed by atoms with Gasteiger partial charge in [-0.1, -0.05) is 6.92 Å². The molecule has 1 aliphatic rings. The smallest absolute Gasteiger partial charge is 0.260 e. The molecule has 1 aromatic heterocycles. The van der Waals surface area contributed by atoms with Crippen LogP contribution in [0.15, 0.2) is 17.6 Å². The van der Waals surface area contributed by atoms with Gasteiger partial charge in [-0.05, 0) is 38.6 Å². The lowest BCUT2D eigenvalue weighted by atomic mass is 9.91. The van der Waals surface area contributed by atoms with Crippen molar-refractivity contribution in [1.29, 1.82) is 0 Å². The van der Waals surface area contributed by atoms with Crippen LogP contribution < -0.4 is 5.32 Å². The van der Waals surface area contributed by atoms with Crippen molar-refractivity contribution in [3.05, 3.63) is 12.5 Å². The van der Waals surface area contributed by atoms with Crippen LogP contribution in [0.2, 0.25) is 0 Å². The minimum absolute atomic E-state index is 0.0861. The quantitative estimate of drug-likeness (QED) is 0.831. The summed E-state index contributed by atoms with van der Waals surface area (Å²) in [5.41, 5.74) is 0. The minimum atomic E-state index is -3.43. The zero-order valence-electron chi connectivity index (χ0n) is 12.2. The number of sulfonamides is 1. The summed E-state index contributed by atoms with van der Waals surface area (Å²) in [7, 11) is -1.77. The molecule has 0 atom stereocenters. The van der Waals surface area contributed by atoms with E-state index in [1.54, 1.807) is 7.05 Å². The third kappa shape index (κ3) is 3.39. The minimum Gasteiger partial charge on any atom is -0.335 e. The molecule has 6 nitrogen and oxygen atoms in total. The lowest BCUT2D eigenvalue weighted by Crippen LogP contribution is -2.43. The number of nitrogens with zero attached hydrogens (tertiary/aromatic N) is 2. The molecular weight excluding hydrogens is 276 g/mol. The second-order valence-electron chi connectivity index (χ2n) is 5.40. The molecule has 7 heteroatoms. The fourth-order valence-corrected chi connectivity index (χ4v) is 4.04. The molecule has 1 saturated carbocycles. The first-order chi connectivity index (χ1) is 9.55. The second-order valence-corrected chi connectivity index (χ2v) is 7.36. The van der Waals surface area contributed by atoms with Gasteiger partial charge >= 0.3 is 0 Å². The molecule has 1 fully saturated rings. The molecule has 2 N–H and O–H groups in total. The van der Waals surface area contributed by atoms with Gasteiger partial charge in [0.25, 0.3) is 10.0 Å². The van der Waals surface area contributed by atoms with Crippen molar-refractivity contribution in [2.75, 3.05) is 13.6 Å². The Bertz CT molecular complexity index is 492. The summed E-state index contributed by atoms with van der Waals surface area (Å²) in [6, 6.07) is 0.623. The van der Waals surface area contributed by atoms with E-state index in [0.717, 1.165) is 38.6 Å². The van der Waals surface area contributed by atoms with Crippen LogP contribution in [0.3, 0.4) is 0 Å². The third-order valence-electron chi connectivity index (χ3n) is 4.02. The van der Waals surface area contributed by atoms with E-state index >= 15 is 0 Å². The van der Waals surface area contributed by atoms with Crippen LogP contribution in [-0.4, -0.2) is 48.4 Å². The van der Waals surface area contributed by atoms with Gasteiger partial charge in [-0.2, -0.15) is 4.31 Å². The zero-order valence-corrected chi connectivity index (χ0v) is 13.0. The maximum absolute atomic E-state index is 12.4. The van der Waals surface area contributed by atoms with E-state index in [1.165, 1.54) is 16.8 Å². The molecule has 2 rings (SSSR count). The lowest BCUT2D eigenvalue weighted by molar-refractivity contribution is 0.249. The van der Waals surface area contributed by atoms with Crippen molar-refractivity contribution in [2.45, 2.75) is 56.1 Å². The average Bonchev–Trinajstić information content (AvgIpc) is 3.00. The van der Waals surface area contributed by atoms with Crippen LogP contribution in [-0.2, 0) is 10.0 Å². The summed E-state index contributed by atoms with van der Waals surface area (Å²) >= 11 is 0. The van der Waals surface area contributed by atoms with Gasteiger partial charge < -0.3 is 10.3 Å². The lowest BCUT2D eigenvalue weighted by Gasteiger charge is -2.34. The number of aromatic amines is 1. The first-order valence-electron chi connectivity index (χ1n) is 7.25. The Morgan fingerprint density at radius 2 is 2.10 bits per heavy atom. The zero-order chi connectivity index (χ0) is 14.6. The Hall–Kier alpha value is -0.920. The summed E-state index contributed by atoms with van der Waals surface area (Å²) in [6.45, 7) is 3.20. The van der Waals surface area contributed by atoms with Crippen LogP contribution in [0.1, 0.15) is 39.0 Å². The van der Waals surface area contributed by atoms with Crippen LogP contribution >= 0.6 is 0 Å². The highest BCUT2D eigenvalue weighted by Gasteiger charge is 2.31. The van der Waals surface area contributed by atoms with Crippen LogP contribution in [0.4, 0.5) is 0 Å². The van der Waals surface area contributed by atoms with Crippen molar-refractivity contribution >= 4 is 10.0 Å². The van der Waals surface area contributed by atoms with Gasteiger partial charge in [0.15, 0.2) is 5.03 Å². The van der Waals surface area contributed by atoms with Crippen molar-refractivity contribution in [2.24, 2.45) is 0 Å². The number of imidazole rings is 1. The SMILES string of the molecule is CCCNC1CCC(N(C)S(=O)(=O)c2cnc[nH]2)CC1. The monoisotopic (exact) mass is 300 g/mol. The van der Waals surface area contributed by atoms with E-state index in [4.69, 9.17) is 0 Å². The molecule has 1 heterocycles. The normalized spacial score (nSPS) is 24.1. The van der Waals surface area contributed by atoms with E-state index in [1.807, 2.05) is 0 Å². The van der Waals surface area contributed by atoms with Crippen molar-refractivity contribution in [1.82, 2.24) is 19.6 Å². The number of aromatic nitrogens is 2. The molecule has 114 valence electrons. The highest BCUT2D eigenvalue weighted by molar-refractivity contribution is 7.89. The number of rotatable bonds is 6. The molecule has 0 aromatic carbocycles. The predicted octanol–water partition coefficient (Wildman–Crippen LogP) is 1.34. The average molecular weight is 300 g/mol. The summed E-state index contributed by atoms with van der Waals surface area (Å²) in [5.74, 6) is 0. The number of H-pyrrole nitrogens is 1. The number of nitrogens with one attached hydrogen (secondary N) is 2. The molecular formula is C13H24N4O2S. The molecule has 20 heavy (non-hydrogen) atoms. The summed E-state index contributed by atoms with van der Waals surface area (Å²) in [6.07, 6.45) is 7.78. The van der Waals surface area contributed by atoms with Gasteiger partial charge in [-0.3, -0.25) is 0 Å². The molecule has 1 aliphatic carbocycles. The van der Waals surface area contributed by atoms with Crippen molar-refractivity contribution < 1.29 is 8.42 Å². The maximum atomic E-state index is 12.4. The third-order valence-corrected chi connectivity index (χ3v) is 5.86. The maximum Gasteiger partial charge on any atom is 0.260 e. The molecule has 0 aliphatic heterocycles. The molecule has 0 saturated heterocycles. The molecule has 1 aromatic rings. The Balaban J connectivity index is 1.93. The summed E-state index contributed by atoms with van der Waals surface area (Å²) in [4.78, 5) is 6.47. The van der Waals surface area contributed by atoms with Crippen molar-refractivity contribution in [3.8, 4) is 0 Å². The predicted molar refractivity (Wildman–Crippen MR) is 77.9 cm³/mol. The van der Waals surface area contributed by atoms with Crippen LogP contribution in [0.25, 0.3) is 0 Å². The Morgan fingerprint density at radius 1 is 1.40 bits per heavy atom. The molecule has 0 spiro atoms. The first kappa shape index (κ1) is 15.5. The highest BCUT2D eigenvalue weighted by Crippen LogP contribution is 2.26. The van der Waals surface area contributed by atoms with Crippen LogP contribution in [0.5, 0.6) is 0 Å². The topological polar surface area (TPSA) is 78.1 Å². The first-order valence-corrected chi connectivity index (χ1v) is 8.69. The van der Waals surface area contributed by atoms with Crippen LogP contribution in [0, 0.1) is 0 Å². The van der Waals surface area contributed by atoms with Gasteiger partial charge in [-0.25, -0.2) is 13.4 Å². The number of hydrogen-bond acceptors (Lipinski definition) is 4. The fraction of sp³-hybridized carbons (Fsp3) is 0.769. The Kier molecular flexibility index (Phi) is 5.17. The van der Waals surface area contributed by atoms with Gasteiger partial charge in [-0.15, -0.1) is 0 Å². The molecule has 0 radical (unpaired) electrons. The largest absolute Gasteiger partial charge is 0.335 e. The van der Waals surface area contributed by atoms with Gasteiger partial charge in [0.2, 0.25) is 0 Å². The van der Waals surface area contributed by atoms with Gasteiger partial charge in [0, 0.05) is 19.1 Å². The standard InChI is InChI=1S/C13H24N4O2S/c1-3-8-15-11-4-6-12(7-5-11)17(2)20(18,19)13-9-14-10-16-13/h9-12,15H,3-8H2,1-2H3,(H,14,16). The van der Waals surface area contributed by atoms with Crippen molar-refractivity contribution in [3.63, 3.8) is 0 Å². The molecule has 0 bridgehead atoms. The second kappa shape index (κ2) is 6.69. The molecule has 0 unspecified atom stereocenters. The van der Waals surface area contributed by atoms with E-state index in [-0.39, 0.29) is 11.1 Å². The highest BCUT2D eigenvalue weighted by atomic mass is 32.2. The van der Waals surface area contributed by atoms with E-state index in [0.29, 0.717) is 6.04 Å². The van der Waals surface area contributed by atoms with Gasteiger partial charge in [0.05, 0.1) is 12.5 Å². The number of hydrogen-bond donors (Lipinski definition) is 2. The Labute approximate surface area is 121 Å². The van der Waals surface area contributed by atoms with E-state index in [2.05, 4.69) is 22.2 Å².